The molecule has 1 saturated heterocycles. The van der Waals surface area contributed by atoms with Crippen LogP contribution in [-0.2, 0) is 0 Å². The van der Waals surface area contributed by atoms with Crippen molar-refractivity contribution in [2.24, 2.45) is 0 Å². The molecule has 0 amide bonds. The number of nitriles is 1. The molecular formula is C14H18FN3. The fraction of sp³-hybridized carbons (Fsp3) is 0.500. The summed E-state index contributed by atoms with van der Waals surface area (Å²) in [5.74, 6) is -0.345. The molecule has 1 aliphatic rings. The molecule has 0 aliphatic carbocycles. The highest BCUT2D eigenvalue weighted by Gasteiger charge is 2.19. The van der Waals surface area contributed by atoms with Crippen LogP contribution in [0.15, 0.2) is 18.2 Å². The summed E-state index contributed by atoms with van der Waals surface area (Å²) in [6.07, 6.45) is 2.21. The standard InChI is InChI=1S/C14H18FN3/c1-2-18-7-3-4-12(10-18)17-14-6-5-11(9-16)8-13(14)15/h5-6,8,12,17H,2-4,7,10H2,1H3. The van der Waals surface area contributed by atoms with Gasteiger partial charge in [-0.05, 0) is 44.1 Å². The highest BCUT2D eigenvalue weighted by atomic mass is 19.1. The summed E-state index contributed by atoms with van der Waals surface area (Å²) in [6.45, 7) is 5.26. The maximum Gasteiger partial charge on any atom is 0.147 e. The molecule has 1 unspecified atom stereocenters. The zero-order chi connectivity index (χ0) is 13.0. The second-order valence-corrected chi connectivity index (χ2v) is 4.68. The maximum atomic E-state index is 13.7. The van der Waals surface area contributed by atoms with Crippen molar-refractivity contribution in [2.45, 2.75) is 25.8 Å². The number of anilines is 1. The second-order valence-electron chi connectivity index (χ2n) is 4.68. The van der Waals surface area contributed by atoms with Crippen molar-refractivity contribution in [3.05, 3.63) is 29.6 Å². The van der Waals surface area contributed by atoms with Gasteiger partial charge in [0.15, 0.2) is 0 Å². The highest BCUT2D eigenvalue weighted by molar-refractivity contribution is 5.49. The van der Waals surface area contributed by atoms with E-state index < -0.39 is 0 Å². The van der Waals surface area contributed by atoms with Gasteiger partial charge in [-0.3, -0.25) is 0 Å². The van der Waals surface area contributed by atoms with Crippen molar-refractivity contribution in [1.82, 2.24) is 4.90 Å². The Morgan fingerprint density at radius 1 is 1.56 bits per heavy atom. The van der Waals surface area contributed by atoms with Crippen LogP contribution in [0.1, 0.15) is 25.3 Å². The Balaban J connectivity index is 2.03. The van der Waals surface area contributed by atoms with E-state index in [2.05, 4.69) is 17.1 Å². The summed E-state index contributed by atoms with van der Waals surface area (Å²) < 4.78 is 13.7. The van der Waals surface area contributed by atoms with Gasteiger partial charge >= 0.3 is 0 Å². The van der Waals surface area contributed by atoms with E-state index in [1.165, 1.54) is 6.07 Å². The lowest BCUT2D eigenvalue weighted by molar-refractivity contribution is 0.226. The molecule has 2 rings (SSSR count). The number of likely N-dealkylation sites (N-methyl/N-ethyl adjacent to an activating group) is 1. The Labute approximate surface area is 107 Å². The third kappa shape index (κ3) is 2.99. The van der Waals surface area contributed by atoms with Gasteiger partial charge in [-0.2, -0.15) is 5.26 Å². The first-order chi connectivity index (χ1) is 8.72. The molecule has 18 heavy (non-hydrogen) atoms. The van der Waals surface area contributed by atoms with Gasteiger partial charge in [-0.1, -0.05) is 6.92 Å². The third-order valence-electron chi connectivity index (χ3n) is 3.41. The van der Waals surface area contributed by atoms with E-state index >= 15 is 0 Å². The number of hydrogen-bond donors (Lipinski definition) is 1. The molecule has 0 bridgehead atoms. The lowest BCUT2D eigenvalue weighted by Gasteiger charge is -2.32. The minimum Gasteiger partial charge on any atom is -0.379 e. The topological polar surface area (TPSA) is 39.1 Å². The summed E-state index contributed by atoms with van der Waals surface area (Å²) in [5, 5.41) is 11.9. The predicted molar refractivity (Wildman–Crippen MR) is 69.9 cm³/mol. The molecule has 1 atom stereocenters. The third-order valence-corrected chi connectivity index (χ3v) is 3.41. The van der Waals surface area contributed by atoms with Gasteiger partial charge in [0.1, 0.15) is 5.82 Å². The first-order valence-electron chi connectivity index (χ1n) is 6.41. The molecule has 1 fully saturated rings. The number of hydrogen-bond acceptors (Lipinski definition) is 3. The quantitative estimate of drug-likeness (QED) is 0.892. The number of nitrogens with one attached hydrogen (secondary N) is 1. The molecule has 1 aromatic carbocycles. The summed E-state index contributed by atoms with van der Waals surface area (Å²) >= 11 is 0. The van der Waals surface area contributed by atoms with Crippen molar-refractivity contribution in [2.75, 3.05) is 25.0 Å². The van der Waals surface area contributed by atoms with E-state index in [1.54, 1.807) is 12.1 Å². The van der Waals surface area contributed by atoms with Crippen LogP contribution in [0.25, 0.3) is 0 Å². The minimum atomic E-state index is -0.345. The SMILES string of the molecule is CCN1CCCC(Nc2ccc(C#N)cc2F)C1. The lowest BCUT2D eigenvalue weighted by Crippen LogP contribution is -2.41. The number of benzene rings is 1. The molecule has 96 valence electrons. The summed E-state index contributed by atoms with van der Waals surface area (Å²) in [4.78, 5) is 2.36. The largest absolute Gasteiger partial charge is 0.379 e. The van der Waals surface area contributed by atoms with Crippen molar-refractivity contribution < 1.29 is 4.39 Å². The van der Waals surface area contributed by atoms with Crippen LogP contribution in [-0.4, -0.2) is 30.6 Å². The summed E-state index contributed by atoms with van der Waals surface area (Å²) in [7, 11) is 0. The van der Waals surface area contributed by atoms with Gasteiger partial charge in [0, 0.05) is 12.6 Å². The number of halogens is 1. The molecule has 1 N–H and O–H groups in total. The van der Waals surface area contributed by atoms with Crippen molar-refractivity contribution in [3.8, 4) is 6.07 Å². The minimum absolute atomic E-state index is 0.293. The normalized spacial score (nSPS) is 20.4. The van der Waals surface area contributed by atoms with E-state index in [1.807, 2.05) is 6.07 Å². The van der Waals surface area contributed by atoms with Gasteiger partial charge in [0.2, 0.25) is 0 Å². The molecule has 0 aromatic heterocycles. The molecule has 4 heteroatoms. The molecule has 0 saturated carbocycles. The Bertz CT molecular complexity index is 453. The summed E-state index contributed by atoms with van der Waals surface area (Å²) in [5.41, 5.74) is 0.855. The Morgan fingerprint density at radius 2 is 2.39 bits per heavy atom. The van der Waals surface area contributed by atoms with Crippen LogP contribution in [0.3, 0.4) is 0 Å². The number of nitrogens with zero attached hydrogens (tertiary/aromatic N) is 2. The van der Waals surface area contributed by atoms with E-state index in [0.717, 1.165) is 32.5 Å². The van der Waals surface area contributed by atoms with E-state index in [9.17, 15) is 4.39 Å². The monoisotopic (exact) mass is 247 g/mol. The van der Waals surface area contributed by atoms with Gasteiger partial charge in [-0.15, -0.1) is 0 Å². The van der Waals surface area contributed by atoms with Crippen molar-refractivity contribution >= 4 is 5.69 Å². The van der Waals surface area contributed by atoms with Gasteiger partial charge in [0.05, 0.1) is 17.3 Å². The maximum absolute atomic E-state index is 13.7. The number of likely N-dealkylation sites (tertiary alicyclic amines) is 1. The van der Waals surface area contributed by atoms with Crippen LogP contribution in [0.2, 0.25) is 0 Å². The van der Waals surface area contributed by atoms with Crippen LogP contribution in [0.4, 0.5) is 10.1 Å². The van der Waals surface area contributed by atoms with Crippen LogP contribution >= 0.6 is 0 Å². The van der Waals surface area contributed by atoms with E-state index in [-0.39, 0.29) is 5.82 Å². The zero-order valence-electron chi connectivity index (χ0n) is 10.6. The zero-order valence-corrected chi connectivity index (χ0v) is 10.6. The second kappa shape index (κ2) is 5.83. The fourth-order valence-corrected chi connectivity index (χ4v) is 2.38. The molecule has 0 radical (unpaired) electrons. The first-order valence-corrected chi connectivity index (χ1v) is 6.41. The average Bonchev–Trinajstić information content (AvgIpc) is 2.41. The fourth-order valence-electron chi connectivity index (χ4n) is 2.38. The van der Waals surface area contributed by atoms with Crippen LogP contribution in [0, 0.1) is 17.1 Å². The van der Waals surface area contributed by atoms with E-state index in [4.69, 9.17) is 5.26 Å². The summed E-state index contributed by atoms with van der Waals surface area (Å²) in [6, 6.07) is 6.81. The molecule has 1 aromatic rings. The van der Waals surface area contributed by atoms with Crippen LogP contribution in [0.5, 0.6) is 0 Å². The Kier molecular flexibility index (Phi) is 4.16. The lowest BCUT2D eigenvalue weighted by atomic mass is 10.1. The van der Waals surface area contributed by atoms with Crippen LogP contribution < -0.4 is 5.32 Å². The highest BCUT2D eigenvalue weighted by Crippen LogP contribution is 2.19. The van der Waals surface area contributed by atoms with Gasteiger partial charge in [-0.25, -0.2) is 4.39 Å². The molecule has 1 heterocycles. The van der Waals surface area contributed by atoms with Crippen molar-refractivity contribution in [1.29, 1.82) is 5.26 Å². The molecular weight excluding hydrogens is 229 g/mol. The Hall–Kier alpha value is -1.60. The molecule has 3 nitrogen and oxygen atoms in total. The molecule has 0 spiro atoms. The van der Waals surface area contributed by atoms with Gasteiger partial charge in [0.25, 0.3) is 0 Å². The Morgan fingerprint density at radius 3 is 3.06 bits per heavy atom. The smallest absolute Gasteiger partial charge is 0.147 e. The van der Waals surface area contributed by atoms with Gasteiger partial charge < -0.3 is 10.2 Å². The van der Waals surface area contributed by atoms with Crippen molar-refractivity contribution in [3.63, 3.8) is 0 Å². The molecule has 1 aliphatic heterocycles. The first kappa shape index (κ1) is 12.8. The predicted octanol–water partition coefficient (Wildman–Crippen LogP) is 2.59. The van der Waals surface area contributed by atoms with E-state index in [0.29, 0.717) is 17.3 Å². The average molecular weight is 247 g/mol. The number of piperidine rings is 1. The number of rotatable bonds is 3.